The van der Waals surface area contributed by atoms with Crippen molar-refractivity contribution in [3.05, 3.63) is 58.6 Å². The smallest absolute Gasteiger partial charge is 0.244 e. The Kier molecular flexibility index (Phi) is 9.24. The molecule has 0 saturated heterocycles. The van der Waals surface area contributed by atoms with Gasteiger partial charge in [0, 0.05) is 17.6 Å². The van der Waals surface area contributed by atoms with Gasteiger partial charge in [0.2, 0.25) is 21.8 Å². The number of anilines is 1. The predicted molar refractivity (Wildman–Crippen MR) is 142 cm³/mol. The van der Waals surface area contributed by atoms with Crippen LogP contribution >= 0.6 is 11.6 Å². The molecule has 0 unspecified atom stereocenters. The number of halogens is 1. The van der Waals surface area contributed by atoms with Crippen LogP contribution in [-0.4, -0.2) is 57.1 Å². The lowest BCUT2D eigenvalue weighted by atomic mass is 10.1. The summed E-state index contributed by atoms with van der Waals surface area (Å²) in [4.78, 5) is 28.2. The van der Waals surface area contributed by atoms with Crippen molar-refractivity contribution in [1.29, 1.82) is 0 Å². The van der Waals surface area contributed by atoms with E-state index < -0.39 is 28.5 Å². The highest BCUT2D eigenvalue weighted by molar-refractivity contribution is 7.92. The Morgan fingerprint density at radius 3 is 2.47 bits per heavy atom. The topological polar surface area (TPSA) is 96.0 Å². The van der Waals surface area contributed by atoms with Crippen LogP contribution in [0.3, 0.4) is 0 Å². The number of hydrogen-bond acceptors (Lipinski definition) is 5. The zero-order valence-corrected chi connectivity index (χ0v) is 22.7. The van der Waals surface area contributed by atoms with Gasteiger partial charge in [-0.1, -0.05) is 36.6 Å². The Balaban J connectivity index is 1.91. The number of amides is 2. The number of benzene rings is 2. The molecule has 1 saturated carbocycles. The summed E-state index contributed by atoms with van der Waals surface area (Å²) in [5.74, 6) is -0.129. The molecule has 0 spiro atoms. The first-order valence-electron chi connectivity index (χ1n) is 12.0. The Labute approximate surface area is 218 Å². The summed E-state index contributed by atoms with van der Waals surface area (Å²) in [7, 11) is -2.25. The van der Waals surface area contributed by atoms with Crippen molar-refractivity contribution in [1.82, 2.24) is 10.2 Å². The lowest BCUT2D eigenvalue weighted by Crippen LogP contribution is -2.52. The quantitative estimate of drug-likeness (QED) is 0.498. The third kappa shape index (κ3) is 7.13. The maximum atomic E-state index is 13.7. The van der Waals surface area contributed by atoms with E-state index in [1.165, 1.54) is 4.90 Å². The van der Waals surface area contributed by atoms with E-state index in [1.54, 1.807) is 57.4 Å². The normalized spacial score (nSPS) is 14.8. The fourth-order valence-electron chi connectivity index (χ4n) is 4.44. The molecular weight excluding hydrogens is 502 g/mol. The second-order valence-electron chi connectivity index (χ2n) is 9.24. The molecule has 0 radical (unpaired) electrons. The standard InChI is InChI=1S/C26H34ClN3O5S/c1-18-14-21(27)12-13-24(18)30(36(4,33)34)17-25(31)29(16-20-8-7-11-23(15-20)35-3)19(2)26(32)28-22-9-5-6-10-22/h7-8,11-15,19,22H,5-6,9-10,16-17H2,1-4H3,(H,28,32)/t19-/m1/s1. The number of carbonyl (C=O) groups excluding carboxylic acids is 2. The van der Waals surface area contributed by atoms with Gasteiger partial charge in [-0.3, -0.25) is 13.9 Å². The average Bonchev–Trinajstić information content (AvgIpc) is 3.33. The van der Waals surface area contributed by atoms with Gasteiger partial charge in [0.25, 0.3) is 0 Å². The fraction of sp³-hybridized carbons (Fsp3) is 0.462. The van der Waals surface area contributed by atoms with Crippen LogP contribution in [-0.2, 0) is 26.2 Å². The third-order valence-corrected chi connectivity index (χ3v) is 7.82. The van der Waals surface area contributed by atoms with Crippen molar-refractivity contribution in [2.75, 3.05) is 24.2 Å². The van der Waals surface area contributed by atoms with Crippen LogP contribution < -0.4 is 14.4 Å². The first-order valence-corrected chi connectivity index (χ1v) is 14.2. The fourth-order valence-corrected chi connectivity index (χ4v) is 5.57. The Morgan fingerprint density at radius 1 is 1.17 bits per heavy atom. The first-order chi connectivity index (χ1) is 17.0. The van der Waals surface area contributed by atoms with Crippen LogP contribution in [0.2, 0.25) is 5.02 Å². The Hall–Kier alpha value is -2.78. The summed E-state index contributed by atoms with van der Waals surface area (Å²) in [6.45, 7) is 3.06. The van der Waals surface area contributed by atoms with Crippen LogP contribution in [0.25, 0.3) is 0 Å². The molecule has 2 amide bonds. The molecule has 1 atom stereocenters. The maximum Gasteiger partial charge on any atom is 0.244 e. The summed E-state index contributed by atoms with van der Waals surface area (Å²) in [6.07, 6.45) is 5.02. The minimum absolute atomic E-state index is 0.0953. The highest BCUT2D eigenvalue weighted by Crippen LogP contribution is 2.26. The minimum Gasteiger partial charge on any atom is -0.497 e. The monoisotopic (exact) mass is 535 g/mol. The Bertz CT molecular complexity index is 1200. The average molecular weight is 536 g/mol. The SMILES string of the molecule is COc1cccc(CN(C(=O)CN(c2ccc(Cl)cc2C)S(C)(=O)=O)[C@H](C)C(=O)NC2CCCC2)c1. The second-order valence-corrected chi connectivity index (χ2v) is 11.6. The van der Waals surface area contributed by atoms with Crippen LogP contribution in [0.4, 0.5) is 5.69 Å². The molecule has 0 aliphatic heterocycles. The minimum atomic E-state index is -3.81. The molecule has 196 valence electrons. The summed E-state index contributed by atoms with van der Waals surface area (Å²) < 4.78 is 31.8. The molecule has 1 aliphatic carbocycles. The second kappa shape index (κ2) is 12.0. The number of methoxy groups -OCH3 is 1. The van der Waals surface area contributed by atoms with Gasteiger partial charge in [-0.25, -0.2) is 8.42 Å². The number of sulfonamides is 1. The summed E-state index contributed by atoms with van der Waals surface area (Å²) in [6, 6.07) is 11.3. The van der Waals surface area contributed by atoms with Crippen molar-refractivity contribution in [2.24, 2.45) is 0 Å². The molecule has 10 heteroatoms. The van der Waals surface area contributed by atoms with E-state index in [-0.39, 0.29) is 18.5 Å². The van der Waals surface area contributed by atoms with Crippen LogP contribution in [0.5, 0.6) is 5.75 Å². The molecule has 1 N–H and O–H groups in total. The van der Waals surface area contributed by atoms with Gasteiger partial charge in [-0.2, -0.15) is 0 Å². The molecule has 0 heterocycles. The van der Waals surface area contributed by atoms with Gasteiger partial charge < -0.3 is 15.0 Å². The van der Waals surface area contributed by atoms with Crippen molar-refractivity contribution in [2.45, 2.75) is 58.2 Å². The molecule has 36 heavy (non-hydrogen) atoms. The largest absolute Gasteiger partial charge is 0.497 e. The molecule has 1 aliphatic rings. The van der Waals surface area contributed by atoms with Gasteiger partial charge in [0.1, 0.15) is 18.3 Å². The van der Waals surface area contributed by atoms with Crippen LogP contribution in [0, 0.1) is 6.92 Å². The number of hydrogen-bond donors (Lipinski definition) is 1. The maximum absolute atomic E-state index is 13.7. The zero-order valence-electron chi connectivity index (χ0n) is 21.2. The summed E-state index contributed by atoms with van der Waals surface area (Å²) >= 11 is 6.06. The van der Waals surface area contributed by atoms with E-state index in [1.807, 2.05) is 6.07 Å². The zero-order chi connectivity index (χ0) is 26.5. The number of nitrogens with zero attached hydrogens (tertiary/aromatic N) is 2. The Morgan fingerprint density at radius 2 is 1.86 bits per heavy atom. The van der Waals surface area contributed by atoms with Crippen molar-refractivity contribution in [3.63, 3.8) is 0 Å². The van der Waals surface area contributed by atoms with E-state index in [0.29, 0.717) is 22.0 Å². The van der Waals surface area contributed by atoms with Gasteiger partial charge in [0.05, 0.1) is 19.1 Å². The highest BCUT2D eigenvalue weighted by Gasteiger charge is 2.31. The van der Waals surface area contributed by atoms with Gasteiger partial charge in [0.15, 0.2) is 0 Å². The van der Waals surface area contributed by atoms with Crippen molar-refractivity contribution >= 4 is 39.1 Å². The molecule has 3 rings (SSSR count). The predicted octanol–water partition coefficient (Wildman–Crippen LogP) is 3.90. The molecule has 0 aromatic heterocycles. The van der Waals surface area contributed by atoms with E-state index in [0.717, 1.165) is 41.8 Å². The highest BCUT2D eigenvalue weighted by atomic mass is 35.5. The van der Waals surface area contributed by atoms with Crippen molar-refractivity contribution < 1.29 is 22.7 Å². The van der Waals surface area contributed by atoms with E-state index in [9.17, 15) is 18.0 Å². The molecule has 2 aromatic rings. The molecular formula is C26H34ClN3O5S. The van der Waals surface area contributed by atoms with Gasteiger partial charge in [-0.15, -0.1) is 0 Å². The summed E-state index contributed by atoms with van der Waals surface area (Å²) in [5.41, 5.74) is 1.74. The van der Waals surface area contributed by atoms with Gasteiger partial charge in [-0.05, 0) is 68.1 Å². The number of nitrogens with one attached hydrogen (secondary N) is 1. The van der Waals surface area contributed by atoms with E-state index in [4.69, 9.17) is 16.3 Å². The summed E-state index contributed by atoms with van der Waals surface area (Å²) in [5, 5.41) is 3.51. The number of rotatable bonds is 10. The van der Waals surface area contributed by atoms with Crippen LogP contribution in [0.1, 0.15) is 43.7 Å². The van der Waals surface area contributed by atoms with E-state index in [2.05, 4.69) is 5.32 Å². The van der Waals surface area contributed by atoms with E-state index >= 15 is 0 Å². The molecule has 2 aromatic carbocycles. The third-order valence-electron chi connectivity index (χ3n) is 6.46. The van der Waals surface area contributed by atoms with Crippen LogP contribution in [0.15, 0.2) is 42.5 Å². The number of carbonyl (C=O) groups is 2. The van der Waals surface area contributed by atoms with Crippen molar-refractivity contribution in [3.8, 4) is 5.75 Å². The number of ether oxygens (including phenoxy) is 1. The van der Waals surface area contributed by atoms with Gasteiger partial charge >= 0.3 is 0 Å². The number of aryl methyl sites for hydroxylation is 1. The molecule has 8 nitrogen and oxygen atoms in total. The lowest BCUT2D eigenvalue weighted by Gasteiger charge is -2.32. The molecule has 1 fully saturated rings. The first kappa shape index (κ1) is 27.8. The molecule has 0 bridgehead atoms. The lowest BCUT2D eigenvalue weighted by molar-refractivity contribution is -0.139.